The van der Waals surface area contributed by atoms with E-state index in [2.05, 4.69) is 10.6 Å². The van der Waals surface area contributed by atoms with Gasteiger partial charge in [0.1, 0.15) is 5.75 Å². The van der Waals surface area contributed by atoms with Crippen molar-refractivity contribution in [1.82, 2.24) is 5.32 Å². The molecule has 100 valence electrons. The average molecular weight is 260 g/mol. The molecule has 1 fully saturated rings. The van der Waals surface area contributed by atoms with Gasteiger partial charge in [0, 0.05) is 12.6 Å². The summed E-state index contributed by atoms with van der Waals surface area (Å²) in [5.41, 5.74) is 0.607. The molecular formula is C12H15F3N2O. The summed E-state index contributed by atoms with van der Waals surface area (Å²) in [7, 11) is 0. The largest absolute Gasteiger partial charge is 0.482 e. The monoisotopic (exact) mass is 260 g/mol. The van der Waals surface area contributed by atoms with Crippen LogP contribution in [0.2, 0.25) is 0 Å². The van der Waals surface area contributed by atoms with E-state index >= 15 is 0 Å². The van der Waals surface area contributed by atoms with Gasteiger partial charge in [-0.3, -0.25) is 0 Å². The Labute approximate surface area is 103 Å². The molecule has 1 unspecified atom stereocenters. The van der Waals surface area contributed by atoms with Crippen LogP contribution in [-0.2, 0) is 0 Å². The smallest absolute Gasteiger partial charge is 0.422 e. The number of nitrogens with one attached hydrogen (secondary N) is 2. The molecule has 1 heterocycles. The summed E-state index contributed by atoms with van der Waals surface area (Å²) in [6.07, 6.45) is -3.37. The van der Waals surface area contributed by atoms with Crippen molar-refractivity contribution in [2.45, 2.75) is 18.6 Å². The molecule has 1 aliphatic rings. The molecule has 0 bridgehead atoms. The van der Waals surface area contributed by atoms with Crippen molar-refractivity contribution in [3.8, 4) is 5.75 Å². The van der Waals surface area contributed by atoms with E-state index in [0.717, 1.165) is 19.5 Å². The summed E-state index contributed by atoms with van der Waals surface area (Å²) in [6.45, 7) is 0.464. The number of alkyl halides is 3. The van der Waals surface area contributed by atoms with E-state index in [1.54, 1.807) is 18.2 Å². The molecule has 18 heavy (non-hydrogen) atoms. The number of rotatable bonds is 4. The third kappa shape index (κ3) is 3.80. The Bertz CT molecular complexity index is 389. The Kier molecular flexibility index (Phi) is 3.96. The third-order valence-corrected chi connectivity index (χ3v) is 2.70. The maximum atomic E-state index is 12.1. The van der Waals surface area contributed by atoms with E-state index in [9.17, 15) is 13.2 Å². The van der Waals surface area contributed by atoms with E-state index < -0.39 is 12.8 Å². The molecule has 1 aliphatic heterocycles. The number of ether oxygens (including phenoxy) is 1. The molecule has 0 saturated carbocycles. The van der Waals surface area contributed by atoms with E-state index in [1.807, 2.05) is 0 Å². The maximum absolute atomic E-state index is 12.1. The Hall–Kier alpha value is -1.43. The summed E-state index contributed by atoms with van der Waals surface area (Å²) in [5, 5.41) is 6.38. The van der Waals surface area contributed by atoms with Crippen LogP contribution >= 0.6 is 0 Å². The van der Waals surface area contributed by atoms with Gasteiger partial charge in [-0.2, -0.15) is 13.2 Å². The highest BCUT2D eigenvalue weighted by Crippen LogP contribution is 2.27. The molecule has 1 saturated heterocycles. The molecule has 0 aliphatic carbocycles. The minimum atomic E-state index is -4.32. The van der Waals surface area contributed by atoms with Gasteiger partial charge >= 0.3 is 6.18 Å². The molecule has 1 atom stereocenters. The quantitative estimate of drug-likeness (QED) is 0.872. The second kappa shape index (κ2) is 5.48. The number of anilines is 1. The van der Waals surface area contributed by atoms with E-state index in [4.69, 9.17) is 4.74 Å². The van der Waals surface area contributed by atoms with Crippen molar-refractivity contribution >= 4 is 5.69 Å². The second-order valence-corrected chi connectivity index (χ2v) is 4.23. The summed E-state index contributed by atoms with van der Waals surface area (Å²) in [5.74, 6) is 0.238. The van der Waals surface area contributed by atoms with Crippen molar-refractivity contribution in [2.24, 2.45) is 0 Å². The molecule has 0 radical (unpaired) electrons. The number of hydrogen-bond donors (Lipinski definition) is 2. The zero-order valence-corrected chi connectivity index (χ0v) is 9.76. The second-order valence-electron chi connectivity index (χ2n) is 4.23. The van der Waals surface area contributed by atoms with Gasteiger partial charge in [0.25, 0.3) is 0 Å². The molecular weight excluding hydrogens is 245 g/mol. The van der Waals surface area contributed by atoms with Crippen LogP contribution in [0.3, 0.4) is 0 Å². The number of benzene rings is 1. The molecule has 1 aromatic carbocycles. The first-order chi connectivity index (χ1) is 8.54. The van der Waals surface area contributed by atoms with E-state index in [-0.39, 0.29) is 11.8 Å². The molecule has 2 rings (SSSR count). The number of para-hydroxylation sites is 2. The van der Waals surface area contributed by atoms with Crippen LogP contribution in [-0.4, -0.2) is 31.9 Å². The molecule has 0 amide bonds. The predicted molar refractivity (Wildman–Crippen MR) is 62.9 cm³/mol. The fourth-order valence-electron chi connectivity index (χ4n) is 1.87. The van der Waals surface area contributed by atoms with Gasteiger partial charge in [-0.25, -0.2) is 0 Å². The van der Waals surface area contributed by atoms with Crippen LogP contribution in [0.5, 0.6) is 5.75 Å². The zero-order valence-electron chi connectivity index (χ0n) is 9.76. The van der Waals surface area contributed by atoms with Gasteiger partial charge in [0.15, 0.2) is 6.61 Å². The van der Waals surface area contributed by atoms with Crippen molar-refractivity contribution in [2.75, 3.05) is 25.0 Å². The van der Waals surface area contributed by atoms with Crippen LogP contribution in [0, 0.1) is 0 Å². The molecule has 0 spiro atoms. The zero-order chi connectivity index (χ0) is 13.0. The molecule has 1 aromatic rings. The fourth-order valence-corrected chi connectivity index (χ4v) is 1.87. The topological polar surface area (TPSA) is 33.3 Å². The first kappa shape index (κ1) is 13.0. The Morgan fingerprint density at radius 1 is 1.33 bits per heavy atom. The highest BCUT2D eigenvalue weighted by atomic mass is 19.4. The van der Waals surface area contributed by atoms with Gasteiger partial charge < -0.3 is 15.4 Å². The first-order valence-corrected chi connectivity index (χ1v) is 5.80. The minimum absolute atomic E-state index is 0.237. The highest BCUT2D eigenvalue weighted by molar-refractivity contribution is 5.56. The first-order valence-electron chi connectivity index (χ1n) is 5.80. The lowest BCUT2D eigenvalue weighted by Gasteiger charge is -2.17. The lowest BCUT2D eigenvalue weighted by atomic mass is 10.2. The van der Waals surface area contributed by atoms with Gasteiger partial charge in [-0.15, -0.1) is 0 Å². The molecule has 3 nitrogen and oxygen atoms in total. The standard InChI is InChI=1S/C12H15F3N2O/c13-12(14,15)8-18-11-4-2-1-3-10(11)17-9-5-6-16-7-9/h1-4,9,16-17H,5-8H2. The van der Waals surface area contributed by atoms with Crippen molar-refractivity contribution in [3.63, 3.8) is 0 Å². The van der Waals surface area contributed by atoms with Gasteiger partial charge in [-0.05, 0) is 25.1 Å². The van der Waals surface area contributed by atoms with Crippen LogP contribution in [0.1, 0.15) is 6.42 Å². The van der Waals surface area contributed by atoms with Gasteiger partial charge in [0.05, 0.1) is 5.69 Å². The average Bonchev–Trinajstić information content (AvgIpc) is 2.80. The number of halogens is 3. The van der Waals surface area contributed by atoms with Crippen molar-refractivity contribution in [3.05, 3.63) is 24.3 Å². The summed E-state index contributed by atoms with van der Waals surface area (Å²) in [4.78, 5) is 0. The summed E-state index contributed by atoms with van der Waals surface area (Å²) >= 11 is 0. The lowest BCUT2D eigenvalue weighted by Crippen LogP contribution is -2.23. The minimum Gasteiger partial charge on any atom is -0.482 e. The van der Waals surface area contributed by atoms with Crippen LogP contribution in [0.25, 0.3) is 0 Å². The Morgan fingerprint density at radius 3 is 2.78 bits per heavy atom. The van der Waals surface area contributed by atoms with Crippen LogP contribution in [0.15, 0.2) is 24.3 Å². The van der Waals surface area contributed by atoms with Gasteiger partial charge in [-0.1, -0.05) is 12.1 Å². The third-order valence-electron chi connectivity index (χ3n) is 2.70. The Morgan fingerprint density at radius 2 is 2.11 bits per heavy atom. The fraction of sp³-hybridized carbons (Fsp3) is 0.500. The maximum Gasteiger partial charge on any atom is 0.422 e. The lowest BCUT2D eigenvalue weighted by molar-refractivity contribution is -0.153. The van der Waals surface area contributed by atoms with Crippen molar-refractivity contribution < 1.29 is 17.9 Å². The van der Waals surface area contributed by atoms with Crippen LogP contribution < -0.4 is 15.4 Å². The molecule has 0 aromatic heterocycles. The van der Waals surface area contributed by atoms with E-state index in [1.165, 1.54) is 6.07 Å². The van der Waals surface area contributed by atoms with Gasteiger partial charge in [0.2, 0.25) is 0 Å². The molecule has 2 N–H and O–H groups in total. The summed E-state index contributed by atoms with van der Waals surface area (Å²) < 4.78 is 41.2. The SMILES string of the molecule is FC(F)(F)COc1ccccc1NC1CCNC1. The predicted octanol–water partition coefficient (Wildman–Crippen LogP) is 2.40. The van der Waals surface area contributed by atoms with Crippen molar-refractivity contribution in [1.29, 1.82) is 0 Å². The number of hydrogen-bond acceptors (Lipinski definition) is 3. The Balaban J connectivity index is 2.00. The normalized spacial score (nSPS) is 19.8. The van der Waals surface area contributed by atoms with Crippen LogP contribution in [0.4, 0.5) is 18.9 Å². The highest BCUT2D eigenvalue weighted by Gasteiger charge is 2.29. The molecule has 6 heteroatoms. The van der Waals surface area contributed by atoms with E-state index in [0.29, 0.717) is 5.69 Å². The summed E-state index contributed by atoms with van der Waals surface area (Å²) in [6, 6.07) is 6.93.